The molecule has 2 aliphatic heterocycles. The summed E-state index contributed by atoms with van der Waals surface area (Å²) in [5, 5.41) is 0. The molecule has 3 heterocycles. The van der Waals surface area contributed by atoms with Crippen molar-refractivity contribution in [1.29, 1.82) is 0 Å². The number of fused-ring (bicyclic) bond motifs is 1. The van der Waals surface area contributed by atoms with Crippen LogP contribution >= 0.6 is 0 Å². The molecule has 2 aromatic rings. The van der Waals surface area contributed by atoms with Gasteiger partial charge in [-0.15, -0.1) is 0 Å². The Morgan fingerprint density at radius 1 is 1.22 bits per heavy atom. The first-order chi connectivity index (χ1) is 13.0. The number of aryl methyl sites for hydroxylation is 1. The third-order valence-electron chi connectivity index (χ3n) is 6.03. The number of rotatable bonds is 3. The molecule has 0 spiro atoms. The lowest BCUT2D eigenvalue weighted by Gasteiger charge is -2.31. The zero-order valence-corrected chi connectivity index (χ0v) is 16.5. The molecule has 0 aliphatic carbocycles. The predicted octanol–water partition coefficient (Wildman–Crippen LogP) is 3.24. The molecule has 1 amide bonds. The van der Waals surface area contributed by atoms with Crippen molar-refractivity contribution in [3.8, 4) is 0 Å². The minimum atomic E-state index is -0.125. The van der Waals surface area contributed by atoms with Crippen LogP contribution in [0.4, 0.5) is 0 Å². The van der Waals surface area contributed by atoms with E-state index in [0.717, 1.165) is 48.6 Å². The van der Waals surface area contributed by atoms with Gasteiger partial charge in [0, 0.05) is 31.3 Å². The summed E-state index contributed by atoms with van der Waals surface area (Å²) < 4.78 is 0. The van der Waals surface area contributed by atoms with Gasteiger partial charge in [-0.1, -0.05) is 29.8 Å². The molecule has 0 unspecified atom stereocenters. The molecule has 0 saturated carbocycles. The molecule has 0 N–H and O–H groups in total. The number of hydrogen-bond acceptors (Lipinski definition) is 4. The Balaban J connectivity index is 1.48. The number of nitrogens with zero attached hydrogens (tertiary/aromatic N) is 4. The minimum absolute atomic E-state index is 0.125. The van der Waals surface area contributed by atoms with Gasteiger partial charge in [0.05, 0.1) is 17.7 Å². The average molecular weight is 364 g/mol. The Hall–Kier alpha value is -2.27. The van der Waals surface area contributed by atoms with E-state index in [4.69, 9.17) is 4.98 Å². The molecule has 0 radical (unpaired) electrons. The zero-order chi connectivity index (χ0) is 19.0. The molecule has 5 heteroatoms. The molecular weight excluding hydrogens is 336 g/mol. The fourth-order valence-corrected chi connectivity index (χ4v) is 4.19. The highest BCUT2D eigenvalue weighted by molar-refractivity contribution is 5.83. The van der Waals surface area contributed by atoms with Gasteiger partial charge in [-0.05, 0) is 45.8 Å². The van der Waals surface area contributed by atoms with Crippen LogP contribution < -0.4 is 0 Å². The third-order valence-corrected chi connectivity index (χ3v) is 6.03. The number of benzene rings is 1. The lowest BCUT2D eigenvalue weighted by Crippen LogP contribution is -2.39. The molecule has 1 aromatic carbocycles. The van der Waals surface area contributed by atoms with Gasteiger partial charge in [0.15, 0.2) is 0 Å². The maximum Gasteiger partial charge on any atom is 0.230 e. The second-order valence-electron chi connectivity index (χ2n) is 7.98. The van der Waals surface area contributed by atoms with Gasteiger partial charge in [-0.3, -0.25) is 9.69 Å². The van der Waals surface area contributed by atoms with Gasteiger partial charge in [0.1, 0.15) is 5.82 Å². The maximum atomic E-state index is 13.0. The lowest BCUT2D eigenvalue weighted by atomic mass is 9.97. The van der Waals surface area contributed by atoms with Crippen molar-refractivity contribution in [2.45, 2.75) is 51.6 Å². The van der Waals surface area contributed by atoms with Gasteiger partial charge in [0.25, 0.3) is 0 Å². The summed E-state index contributed by atoms with van der Waals surface area (Å²) in [6.45, 7) is 6.53. The van der Waals surface area contributed by atoms with Crippen LogP contribution in [0.3, 0.4) is 0 Å². The van der Waals surface area contributed by atoms with Gasteiger partial charge >= 0.3 is 0 Å². The van der Waals surface area contributed by atoms with Crippen molar-refractivity contribution in [1.82, 2.24) is 19.8 Å². The van der Waals surface area contributed by atoms with E-state index >= 15 is 0 Å². The second-order valence-corrected chi connectivity index (χ2v) is 7.98. The van der Waals surface area contributed by atoms with Crippen molar-refractivity contribution >= 4 is 5.91 Å². The van der Waals surface area contributed by atoms with Crippen LogP contribution in [0.15, 0.2) is 30.5 Å². The van der Waals surface area contributed by atoms with E-state index in [1.807, 2.05) is 18.0 Å². The van der Waals surface area contributed by atoms with Crippen LogP contribution in [0.5, 0.6) is 0 Å². The van der Waals surface area contributed by atoms with E-state index in [1.165, 1.54) is 12.0 Å². The molecular formula is C22H28N4O. The van der Waals surface area contributed by atoms with Crippen LogP contribution in [0.2, 0.25) is 0 Å². The number of hydrogen-bond donors (Lipinski definition) is 0. The maximum absolute atomic E-state index is 13.0. The van der Waals surface area contributed by atoms with E-state index < -0.39 is 0 Å². The van der Waals surface area contributed by atoms with Crippen molar-refractivity contribution in [2.75, 3.05) is 20.1 Å². The van der Waals surface area contributed by atoms with E-state index in [1.54, 1.807) is 0 Å². The highest BCUT2D eigenvalue weighted by Crippen LogP contribution is 2.29. The smallest absolute Gasteiger partial charge is 0.230 e. The van der Waals surface area contributed by atoms with Gasteiger partial charge in [0.2, 0.25) is 5.91 Å². The molecule has 1 fully saturated rings. The molecule has 4 rings (SSSR count). The van der Waals surface area contributed by atoms with E-state index in [2.05, 4.69) is 48.1 Å². The summed E-state index contributed by atoms with van der Waals surface area (Å²) in [6.07, 6.45) is 5.10. The number of amides is 1. The largest absolute Gasteiger partial charge is 0.337 e. The number of likely N-dealkylation sites (tertiary alicyclic amines) is 1. The SMILES string of the molecule is Cc1ccc([C@H](C)C(=O)N2CCc3nc([C@@H]4CCCN4C)ncc3C2)cc1. The van der Waals surface area contributed by atoms with E-state index in [-0.39, 0.29) is 11.8 Å². The molecule has 5 nitrogen and oxygen atoms in total. The lowest BCUT2D eigenvalue weighted by molar-refractivity contribution is -0.133. The molecule has 2 aliphatic rings. The van der Waals surface area contributed by atoms with Crippen LogP contribution in [-0.4, -0.2) is 45.8 Å². The fraction of sp³-hybridized carbons (Fsp3) is 0.500. The summed E-state index contributed by atoms with van der Waals surface area (Å²) in [7, 11) is 2.15. The highest BCUT2D eigenvalue weighted by Gasteiger charge is 2.29. The van der Waals surface area contributed by atoms with Gasteiger partial charge in [-0.2, -0.15) is 0 Å². The fourth-order valence-electron chi connectivity index (χ4n) is 4.19. The number of carbonyl (C=O) groups excluding carboxylic acids is 1. The predicted molar refractivity (Wildman–Crippen MR) is 105 cm³/mol. The molecule has 0 bridgehead atoms. The minimum Gasteiger partial charge on any atom is -0.337 e. The Labute approximate surface area is 161 Å². The first kappa shape index (κ1) is 18.1. The van der Waals surface area contributed by atoms with Gasteiger partial charge < -0.3 is 4.90 Å². The molecule has 27 heavy (non-hydrogen) atoms. The first-order valence-corrected chi connectivity index (χ1v) is 9.93. The third kappa shape index (κ3) is 3.61. The molecule has 1 saturated heterocycles. The summed E-state index contributed by atoms with van der Waals surface area (Å²) in [6, 6.07) is 8.60. The van der Waals surface area contributed by atoms with Crippen molar-refractivity contribution in [3.63, 3.8) is 0 Å². The Morgan fingerprint density at radius 3 is 2.70 bits per heavy atom. The Kier molecular flexibility index (Phi) is 4.96. The van der Waals surface area contributed by atoms with Crippen molar-refractivity contribution in [2.24, 2.45) is 0 Å². The molecule has 2 atom stereocenters. The highest BCUT2D eigenvalue weighted by atomic mass is 16.2. The van der Waals surface area contributed by atoms with Crippen LogP contribution in [0, 0.1) is 6.92 Å². The van der Waals surface area contributed by atoms with E-state index in [0.29, 0.717) is 12.6 Å². The summed E-state index contributed by atoms with van der Waals surface area (Å²) in [4.78, 5) is 26.8. The zero-order valence-electron chi connectivity index (χ0n) is 16.5. The first-order valence-electron chi connectivity index (χ1n) is 9.93. The monoisotopic (exact) mass is 364 g/mol. The molecule has 1 aromatic heterocycles. The van der Waals surface area contributed by atoms with Crippen LogP contribution in [-0.2, 0) is 17.8 Å². The number of carbonyl (C=O) groups is 1. The number of aromatic nitrogens is 2. The topological polar surface area (TPSA) is 49.3 Å². The standard InChI is InChI=1S/C22H28N4O/c1-15-6-8-17(9-7-15)16(2)22(27)26-12-10-19-18(14-26)13-23-21(24-19)20-5-4-11-25(20)3/h6-9,13,16,20H,4-5,10-12,14H2,1-3H3/t16-,20-/m0/s1. The summed E-state index contributed by atoms with van der Waals surface area (Å²) in [5.74, 6) is 1.00. The van der Waals surface area contributed by atoms with Crippen LogP contribution in [0.1, 0.15) is 59.9 Å². The van der Waals surface area contributed by atoms with E-state index in [9.17, 15) is 4.79 Å². The normalized spacial score (nSPS) is 21.1. The Bertz CT molecular complexity index is 833. The quantitative estimate of drug-likeness (QED) is 0.839. The Morgan fingerprint density at radius 2 is 2.00 bits per heavy atom. The summed E-state index contributed by atoms with van der Waals surface area (Å²) in [5.41, 5.74) is 4.50. The summed E-state index contributed by atoms with van der Waals surface area (Å²) >= 11 is 0. The molecule has 142 valence electrons. The second kappa shape index (κ2) is 7.39. The van der Waals surface area contributed by atoms with Crippen LogP contribution in [0.25, 0.3) is 0 Å². The van der Waals surface area contributed by atoms with Crippen molar-refractivity contribution < 1.29 is 4.79 Å². The average Bonchev–Trinajstić information content (AvgIpc) is 3.12. The van der Waals surface area contributed by atoms with Gasteiger partial charge in [-0.25, -0.2) is 9.97 Å². The van der Waals surface area contributed by atoms with Crippen molar-refractivity contribution in [3.05, 3.63) is 58.7 Å².